The van der Waals surface area contributed by atoms with Crippen molar-refractivity contribution < 1.29 is 32.4 Å². The van der Waals surface area contributed by atoms with Crippen LogP contribution in [0.25, 0.3) is 0 Å². The summed E-state index contributed by atoms with van der Waals surface area (Å²) < 4.78 is 44.8. The number of nitro benzene ring substituents is 1. The molecule has 0 heterocycles. The summed E-state index contributed by atoms with van der Waals surface area (Å²) >= 11 is 0. The normalized spacial score (nSPS) is 12.8. The van der Waals surface area contributed by atoms with Gasteiger partial charge in [0.15, 0.2) is 6.10 Å². The van der Waals surface area contributed by atoms with E-state index >= 15 is 0 Å². The van der Waals surface area contributed by atoms with E-state index < -0.39 is 29.8 Å². The Kier molecular flexibility index (Phi) is 5.65. The number of nitrogens with zero attached hydrogens (tertiary/aromatic N) is 1. The minimum absolute atomic E-state index is 0.176. The van der Waals surface area contributed by atoms with Crippen LogP contribution in [0.3, 0.4) is 0 Å². The van der Waals surface area contributed by atoms with Gasteiger partial charge in [-0.3, -0.25) is 10.1 Å². The zero-order chi connectivity index (χ0) is 16.0. The topological polar surface area (TPSA) is 78.7 Å². The Labute approximate surface area is 117 Å². The monoisotopic (exact) mass is 307 g/mol. The minimum atomic E-state index is -4.53. The lowest BCUT2D eigenvalue weighted by atomic mass is 10.2. The molecule has 116 valence electrons. The Bertz CT molecular complexity index is 518. The smallest absolute Gasteiger partial charge is 0.411 e. The van der Waals surface area contributed by atoms with Gasteiger partial charge in [0.2, 0.25) is 0 Å². The Hall–Kier alpha value is -2.16. The van der Waals surface area contributed by atoms with E-state index in [0.29, 0.717) is 5.56 Å². The van der Waals surface area contributed by atoms with Crippen molar-refractivity contribution in [2.45, 2.75) is 25.8 Å². The van der Waals surface area contributed by atoms with Crippen LogP contribution in [0.1, 0.15) is 12.5 Å². The molecule has 6 nitrogen and oxygen atoms in total. The first-order valence-electron chi connectivity index (χ1n) is 5.77. The molecule has 1 unspecified atom stereocenters. The highest BCUT2D eigenvalue weighted by molar-refractivity contribution is 5.74. The van der Waals surface area contributed by atoms with Crippen molar-refractivity contribution >= 4 is 11.7 Å². The molecule has 0 saturated heterocycles. The number of halogens is 3. The number of hydrogen-bond donors (Lipinski definition) is 0. The third kappa shape index (κ3) is 6.21. The Balaban J connectivity index is 2.49. The summed E-state index contributed by atoms with van der Waals surface area (Å²) in [6.07, 6.45) is -5.92. The van der Waals surface area contributed by atoms with Crippen LogP contribution in [0.15, 0.2) is 24.3 Å². The number of alkyl halides is 3. The third-order valence-electron chi connectivity index (χ3n) is 2.33. The quantitative estimate of drug-likeness (QED) is 0.458. The molecule has 1 aromatic carbocycles. The van der Waals surface area contributed by atoms with Gasteiger partial charge in [-0.05, 0) is 12.5 Å². The van der Waals surface area contributed by atoms with E-state index in [1.54, 1.807) is 0 Å². The lowest BCUT2D eigenvalue weighted by Crippen LogP contribution is -2.28. The number of carbonyl (C=O) groups is 1. The average molecular weight is 307 g/mol. The molecule has 0 bridgehead atoms. The van der Waals surface area contributed by atoms with E-state index in [2.05, 4.69) is 4.74 Å². The van der Waals surface area contributed by atoms with Crippen molar-refractivity contribution in [3.63, 3.8) is 0 Å². The largest absolute Gasteiger partial charge is 0.459 e. The van der Waals surface area contributed by atoms with Crippen LogP contribution in [0.5, 0.6) is 0 Å². The number of hydrogen-bond acceptors (Lipinski definition) is 5. The fourth-order valence-electron chi connectivity index (χ4n) is 1.32. The highest BCUT2D eigenvalue weighted by Crippen LogP contribution is 2.16. The second-order valence-corrected chi connectivity index (χ2v) is 4.10. The van der Waals surface area contributed by atoms with E-state index in [1.165, 1.54) is 24.3 Å². The number of nitro groups is 1. The summed E-state index contributed by atoms with van der Waals surface area (Å²) in [5.74, 6) is -0.981. The molecule has 0 amide bonds. The molecule has 0 fully saturated rings. The highest BCUT2D eigenvalue weighted by Gasteiger charge is 2.30. The van der Waals surface area contributed by atoms with E-state index in [4.69, 9.17) is 4.74 Å². The highest BCUT2D eigenvalue weighted by atomic mass is 19.4. The summed E-state index contributed by atoms with van der Waals surface area (Å²) in [6, 6.07) is 5.36. The Morgan fingerprint density at radius 3 is 2.67 bits per heavy atom. The molecule has 0 saturated carbocycles. The molecule has 1 rings (SSSR count). The van der Waals surface area contributed by atoms with Crippen LogP contribution in [0.4, 0.5) is 18.9 Å². The minimum Gasteiger partial charge on any atom is -0.459 e. The molecule has 0 radical (unpaired) electrons. The maximum Gasteiger partial charge on any atom is 0.411 e. The van der Waals surface area contributed by atoms with Crippen molar-refractivity contribution in [1.29, 1.82) is 0 Å². The summed E-state index contributed by atoms with van der Waals surface area (Å²) in [6.45, 7) is -0.720. The Morgan fingerprint density at radius 2 is 2.10 bits per heavy atom. The molecule has 1 aromatic rings. The van der Waals surface area contributed by atoms with Crippen LogP contribution in [-0.2, 0) is 20.9 Å². The standard InChI is InChI=1S/C12H12F3NO5/c1-8(21-7-12(13,14)15)11(17)20-6-9-3-2-4-10(5-9)16(18)19/h2-5,8H,6-7H2,1H3. The van der Waals surface area contributed by atoms with Crippen LogP contribution in [0.2, 0.25) is 0 Å². The van der Waals surface area contributed by atoms with Gasteiger partial charge in [0.25, 0.3) is 5.69 Å². The van der Waals surface area contributed by atoms with Crippen molar-refractivity contribution in [2.75, 3.05) is 6.61 Å². The van der Waals surface area contributed by atoms with Crippen molar-refractivity contribution in [1.82, 2.24) is 0 Å². The summed E-state index contributed by atoms with van der Waals surface area (Å²) in [4.78, 5) is 21.3. The second kappa shape index (κ2) is 7.02. The molecule has 0 N–H and O–H groups in total. The predicted molar refractivity (Wildman–Crippen MR) is 64.4 cm³/mol. The molecule has 9 heteroatoms. The lowest BCUT2D eigenvalue weighted by molar-refractivity contribution is -0.384. The molecule has 0 aromatic heterocycles. The maximum absolute atomic E-state index is 11.9. The van der Waals surface area contributed by atoms with Gasteiger partial charge in [0.05, 0.1) is 4.92 Å². The van der Waals surface area contributed by atoms with Gasteiger partial charge in [-0.1, -0.05) is 12.1 Å². The third-order valence-corrected chi connectivity index (χ3v) is 2.33. The zero-order valence-electron chi connectivity index (χ0n) is 10.9. The second-order valence-electron chi connectivity index (χ2n) is 4.10. The van der Waals surface area contributed by atoms with Crippen LogP contribution in [0, 0.1) is 10.1 Å². The lowest BCUT2D eigenvalue weighted by Gasteiger charge is -2.14. The fraction of sp³-hybridized carbons (Fsp3) is 0.417. The first-order valence-corrected chi connectivity index (χ1v) is 5.77. The average Bonchev–Trinajstić information content (AvgIpc) is 2.41. The van der Waals surface area contributed by atoms with E-state index in [0.717, 1.165) is 6.92 Å². The molecular formula is C12H12F3NO5. The SMILES string of the molecule is CC(OCC(F)(F)F)C(=O)OCc1cccc([N+](=O)[O-])c1. The Morgan fingerprint density at radius 1 is 1.43 bits per heavy atom. The number of ether oxygens (including phenoxy) is 2. The van der Waals surface area contributed by atoms with Gasteiger partial charge >= 0.3 is 12.1 Å². The molecule has 0 aliphatic heterocycles. The zero-order valence-corrected chi connectivity index (χ0v) is 10.9. The summed E-state index contributed by atoms with van der Waals surface area (Å²) in [5.41, 5.74) is 0.172. The number of carbonyl (C=O) groups excluding carboxylic acids is 1. The first kappa shape index (κ1) is 16.9. The number of non-ortho nitro benzene ring substituents is 1. The van der Waals surface area contributed by atoms with Gasteiger partial charge in [-0.25, -0.2) is 4.79 Å². The summed E-state index contributed by atoms with van der Waals surface area (Å²) in [5, 5.41) is 10.5. The molecule has 0 spiro atoms. The maximum atomic E-state index is 11.9. The number of esters is 1. The van der Waals surface area contributed by atoms with Gasteiger partial charge < -0.3 is 9.47 Å². The molecular weight excluding hydrogens is 295 g/mol. The molecule has 0 aliphatic carbocycles. The first-order chi connectivity index (χ1) is 9.69. The molecule has 1 atom stereocenters. The van der Waals surface area contributed by atoms with Crippen LogP contribution < -0.4 is 0 Å². The number of rotatable bonds is 6. The van der Waals surface area contributed by atoms with Crippen molar-refractivity contribution in [3.8, 4) is 0 Å². The molecule has 0 aliphatic rings. The van der Waals surface area contributed by atoms with Gasteiger partial charge in [-0.2, -0.15) is 13.2 Å². The van der Waals surface area contributed by atoms with Gasteiger partial charge in [0.1, 0.15) is 13.2 Å². The van der Waals surface area contributed by atoms with E-state index in [9.17, 15) is 28.1 Å². The van der Waals surface area contributed by atoms with Crippen molar-refractivity contribution in [2.24, 2.45) is 0 Å². The fourth-order valence-corrected chi connectivity index (χ4v) is 1.32. The number of benzene rings is 1. The molecule has 21 heavy (non-hydrogen) atoms. The van der Waals surface area contributed by atoms with E-state index in [-0.39, 0.29) is 12.3 Å². The van der Waals surface area contributed by atoms with Crippen LogP contribution >= 0.6 is 0 Å². The summed E-state index contributed by atoms with van der Waals surface area (Å²) in [7, 11) is 0. The van der Waals surface area contributed by atoms with Crippen molar-refractivity contribution in [3.05, 3.63) is 39.9 Å². The predicted octanol–water partition coefficient (Wildman–Crippen LogP) is 2.61. The van der Waals surface area contributed by atoms with Gasteiger partial charge in [0, 0.05) is 12.1 Å². The van der Waals surface area contributed by atoms with Gasteiger partial charge in [-0.15, -0.1) is 0 Å². The van der Waals surface area contributed by atoms with E-state index in [1.807, 2.05) is 0 Å². The van der Waals surface area contributed by atoms with Crippen LogP contribution in [-0.4, -0.2) is 29.8 Å².